The van der Waals surface area contributed by atoms with Crippen LogP contribution < -0.4 is 0 Å². The molecule has 1 N–H and O–H groups in total. The number of H-pyrrole nitrogens is 1. The van der Waals surface area contributed by atoms with E-state index >= 15 is 0 Å². The second kappa shape index (κ2) is 2.92. The van der Waals surface area contributed by atoms with Gasteiger partial charge in [0.25, 0.3) is 0 Å². The van der Waals surface area contributed by atoms with E-state index in [0.717, 1.165) is 10.2 Å². The smallest absolute Gasteiger partial charge is 0.0812 e. The van der Waals surface area contributed by atoms with Gasteiger partial charge in [0.15, 0.2) is 0 Å². The van der Waals surface area contributed by atoms with E-state index in [1.54, 1.807) is 6.20 Å². The van der Waals surface area contributed by atoms with Crippen molar-refractivity contribution in [1.82, 2.24) is 10.2 Å². The van der Waals surface area contributed by atoms with Crippen molar-refractivity contribution >= 4 is 12.2 Å². The Balaban J connectivity index is 3.16. The maximum Gasteiger partial charge on any atom is 0.0812 e. The lowest BCUT2D eigenvalue weighted by Gasteiger charge is -2.00. The van der Waals surface area contributed by atoms with Gasteiger partial charge in [-0.1, -0.05) is 26.1 Å². The first-order valence-electron chi connectivity index (χ1n) is 3.26. The van der Waals surface area contributed by atoms with Gasteiger partial charge in [0.1, 0.15) is 0 Å². The molecule has 0 bridgehead atoms. The van der Waals surface area contributed by atoms with E-state index in [1.807, 2.05) is 6.07 Å². The van der Waals surface area contributed by atoms with Gasteiger partial charge in [-0.05, 0) is 12.0 Å². The third-order valence-electron chi connectivity index (χ3n) is 1.29. The summed E-state index contributed by atoms with van der Waals surface area (Å²) in [5.74, 6) is 0.407. The van der Waals surface area contributed by atoms with Gasteiger partial charge < -0.3 is 0 Å². The molecule has 0 aliphatic carbocycles. The summed E-state index contributed by atoms with van der Waals surface area (Å²) >= 11 is 5.05. The molecule has 0 radical (unpaired) electrons. The molecule has 0 aliphatic rings. The molecule has 0 spiro atoms. The van der Waals surface area contributed by atoms with E-state index in [0.29, 0.717) is 5.92 Å². The van der Waals surface area contributed by atoms with E-state index < -0.39 is 0 Å². The molecule has 0 unspecified atom stereocenters. The summed E-state index contributed by atoms with van der Waals surface area (Å²) in [4.78, 5) is 0. The highest BCUT2D eigenvalue weighted by Gasteiger charge is 2.00. The molecule has 0 amide bonds. The molecule has 0 fully saturated rings. The topological polar surface area (TPSA) is 28.7 Å². The lowest BCUT2D eigenvalue weighted by atomic mass is 10.1. The molecular weight excluding hydrogens is 144 g/mol. The van der Waals surface area contributed by atoms with Gasteiger partial charge in [0.05, 0.1) is 10.2 Å². The Bertz CT molecular complexity index is 264. The fourth-order valence-corrected chi connectivity index (χ4v) is 1.12. The lowest BCUT2D eigenvalue weighted by molar-refractivity contribution is 0.781. The van der Waals surface area contributed by atoms with Crippen LogP contribution in [0.4, 0.5) is 0 Å². The quantitative estimate of drug-likeness (QED) is 0.628. The van der Waals surface area contributed by atoms with Crippen molar-refractivity contribution in [3.05, 3.63) is 22.5 Å². The van der Waals surface area contributed by atoms with Gasteiger partial charge >= 0.3 is 0 Å². The van der Waals surface area contributed by atoms with E-state index in [1.165, 1.54) is 0 Å². The Kier molecular flexibility index (Phi) is 2.17. The summed E-state index contributed by atoms with van der Waals surface area (Å²) in [6.07, 6.45) is 1.74. The third-order valence-corrected chi connectivity index (χ3v) is 1.64. The van der Waals surface area contributed by atoms with Gasteiger partial charge in [-0.3, -0.25) is 5.10 Å². The van der Waals surface area contributed by atoms with Gasteiger partial charge in [-0.2, -0.15) is 5.10 Å². The summed E-state index contributed by atoms with van der Waals surface area (Å²) < 4.78 is 0.841. The molecule has 1 rings (SSSR count). The van der Waals surface area contributed by atoms with Gasteiger partial charge in [0.2, 0.25) is 0 Å². The van der Waals surface area contributed by atoms with Crippen molar-refractivity contribution in [1.29, 1.82) is 0 Å². The molecule has 3 heteroatoms. The van der Waals surface area contributed by atoms with Gasteiger partial charge in [-0.15, -0.1) is 0 Å². The SMILES string of the molecule is CC(C)c1n[nH]ccc1=S. The van der Waals surface area contributed by atoms with Crippen molar-refractivity contribution in [2.24, 2.45) is 0 Å². The number of aromatic amines is 1. The number of nitrogens with one attached hydrogen (secondary N) is 1. The summed E-state index contributed by atoms with van der Waals surface area (Å²) in [7, 11) is 0. The predicted molar refractivity (Wildman–Crippen MR) is 43.5 cm³/mol. The number of hydrogen-bond donors (Lipinski definition) is 1. The normalized spacial score (nSPS) is 10.3. The Morgan fingerprint density at radius 3 is 2.70 bits per heavy atom. The van der Waals surface area contributed by atoms with Crippen LogP contribution in [0, 0.1) is 4.51 Å². The summed E-state index contributed by atoms with van der Waals surface area (Å²) in [6, 6.07) is 1.86. The molecule has 10 heavy (non-hydrogen) atoms. The van der Waals surface area contributed by atoms with Crippen molar-refractivity contribution in [2.75, 3.05) is 0 Å². The van der Waals surface area contributed by atoms with E-state index in [-0.39, 0.29) is 0 Å². The molecule has 54 valence electrons. The molecule has 1 heterocycles. The van der Waals surface area contributed by atoms with Gasteiger partial charge in [-0.25, -0.2) is 0 Å². The number of aromatic nitrogens is 2. The zero-order valence-corrected chi connectivity index (χ0v) is 6.90. The van der Waals surface area contributed by atoms with E-state index in [9.17, 15) is 0 Å². The average molecular weight is 154 g/mol. The van der Waals surface area contributed by atoms with Crippen molar-refractivity contribution in [2.45, 2.75) is 19.8 Å². The Labute approximate surface area is 65.3 Å². The van der Waals surface area contributed by atoms with Crippen molar-refractivity contribution in [3.8, 4) is 0 Å². The average Bonchev–Trinajstić information content (AvgIpc) is 1.88. The molecule has 1 aromatic rings. The van der Waals surface area contributed by atoms with Crippen LogP contribution in [0.25, 0.3) is 0 Å². The first-order valence-corrected chi connectivity index (χ1v) is 3.66. The summed E-state index contributed by atoms with van der Waals surface area (Å²) in [5, 5.41) is 6.82. The second-order valence-corrected chi connectivity index (χ2v) is 2.92. The zero-order chi connectivity index (χ0) is 7.56. The molecule has 0 saturated carbocycles. The van der Waals surface area contributed by atoms with Crippen molar-refractivity contribution in [3.63, 3.8) is 0 Å². The first kappa shape index (κ1) is 7.41. The third kappa shape index (κ3) is 1.42. The van der Waals surface area contributed by atoms with Crippen LogP contribution in [0.5, 0.6) is 0 Å². The van der Waals surface area contributed by atoms with Crippen LogP contribution in [0.3, 0.4) is 0 Å². The molecule has 0 atom stereocenters. The maximum absolute atomic E-state index is 5.05. The van der Waals surface area contributed by atoms with E-state index in [2.05, 4.69) is 24.0 Å². The minimum absolute atomic E-state index is 0.407. The monoisotopic (exact) mass is 154 g/mol. The summed E-state index contributed by atoms with van der Waals surface area (Å²) in [6.45, 7) is 4.15. The maximum atomic E-state index is 5.05. The van der Waals surface area contributed by atoms with Gasteiger partial charge in [0, 0.05) is 6.20 Å². The standard InChI is InChI=1S/C7H10N2S/c1-5(2)7-6(10)3-4-8-9-7/h3-5H,1-2H3,(H,8,10). The van der Waals surface area contributed by atoms with Crippen LogP contribution >= 0.6 is 12.2 Å². The Morgan fingerprint density at radius 2 is 2.30 bits per heavy atom. The largest absolute Gasteiger partial charge is 0.285 e. The number of hydrogen-bond acceptors (Lipinski definition) is 2. The zero-order valence-electron chi connectivity index (χ0n) is 6.09. The number of nitrogens with zero attached hydrogens (tertiary/aromatic N) is 1. The fraction of sp³-hybridized carbons (Fsp3) is 0.429. The highest BCUT2D eigenvalue weighted by molar-refractivity contribution is 7.71. The highest BCUT2D eigenvalue weighted by atomic mass is 32.1. The van der Waals surface area contributed by atoms with Crippen LogP contribution in [0.1, 0.15) is 25.5 Å². The van der Waals surface area contributed by atoms with Crippen LogP contribution in [-0.2, 0) is 0 Å². The fourth-order valence-electron chi connectivity index (χ4n) is 0.774. The molecule has 0 saturated heterocycles. The van der Waals surface area contributed by atoms with Crippen LogP contribution in [0.2, 0.25) is 0 Å². The summed E-state index contributed by atoms with van der Waals surface area (Å²) in [5.41, 5.74) is 0.970. The Hall–Kier alpha value is -0.700. The molecule has 2 nitrogen and oxygen atoms in total. The van der Waals surface area contributed by atoms with Crippen LogP contribution in [0.15, 0.2) is 12.3 Å². The molecule has 0 aliphatic heterocycles. The van der Waals surface area contributed by atoms with Crippen molar-refractivity contribution < 1.29 is 0 Å². The minimum atomic E-state index is 0.407. The lowest BCUT2D eigenvalue weighted by Crippen LogP contribution is -1.94. The molecular formula is C7H10N2S. The highest BCUT2D eigenvalue weighted by Crippen LogP contribution is 2.10. The first-order chi connectivity index (χ1) is 4.72. The minimum Gasteiger partial charge on any atom is -0.285 e. The van der Waals surface area contributed by atoms with Crippen LogP contribution in [-0.4, -0.2) is 10.2 Å². The second-order valence-electron chi connectivity index (χ2n) is 2.48. The molecule has 1 aromatic heterocycles. The number of rotatable bonds is 1. The molecule has 0 aromatic carbocycles. The van der Waals surface area contributed by atoms with E-state index in [4.69, 9.17) is 12.2 Å². The Morgan fingerprint density at radius 1 is 1.60 bits per heavy atom. The predicted octanol–water partition coefficient (Wildman–Crippen LogP) is 2.26.